The Labute approximate surface area is 272 Å². The first-order valence-corrected chi connectivity index (χ1v) is 16.6. The lowest BCUT2D eigenvalue weighted by Crippen LogP contribution is -2.40. The van der Waals surface area contributed by atoms with Crippen LogP contribution in [-0.2, 0) is 22.6 Å². The molecule has 6 rings (SSSR count). The lowest BCUT2D eigenvalue weighted by atomic mass is 9.71. The molecular formula is C36H35ClINO4. The summed E-state index contributed by atoms with van der Waals surface area (Å²) in [6.45, 7) is 3.51. The van der Waals surface area contributed by atoms with Crippen molar-refractivity contribution in [3.63, 3.8) is 0 Å². The first-order chi connectivity index (χ1) is 20.9. The summed E-state index contributed by atoms with van der Waals surface area (Å²) < 4.78 is 13.3. The number of hydrogen-bond donors (Lipinski definition) is 0. The lowest BCUT2D eigenvalue weighted by Gasteiger charge is -2.44. The maximum absolute atomic E-state index is 13.8. The van der Waals surface area contributed by atoms with Crippen molar-refractivity contribution in [2.24, 2.45) is 0 Å². The number of halogens is 2. The minimum atomic E-state index is -0.395. The van der Waals surface area contributed by atoms with Crippen LogP contribution in [0.3, 0.4) is 0 Å². The summed E-state index contributed by atoms with van der Waals surface area (Å²) in [4.78, 5) is 29.9. The summed E-state index contributed by atoms with van der Waals surface area (Å²) in [6, 6.07) is 22.1. The van der Waals surface area contributed by atoms with Crippen LogP contribution >= 0.6 is 34.2 Å². The highest BCUT2D eigenvalue weighted by atomic mass is 127. The van der Waals surface area contributed by atoms with Crippen LogP contribution in [0.15, 0.2) is 89.3 Å². The van der Waals surface area contributed by atoms with E-state index in [1.54, 1.807) is 0 Å². The molecule has 0 bridgehead atoms. The molecule has 5 nitrogen and oxygen atoms in total. The van der Waals surface area contributed by atoms with Crippen molar-refractivity contribution >= 4 is 45.8 Å². The minimum absolute atomic E-state index is 0.148. The van der Waals surface area contributed by atoms with Gasteiger partial charge in [0.05, 0.1) is 10.2 Å². The molecule has 0 unspecified atom stereocenters. The van der Waals surface area contributed by atoms with Crippen LogP contribution in [0.2, 0.25) is 5.02 Å². The normalized spacial score (nSPS) is 17.2. The van der Waals surface area contributed by atoms with Crippen molar-refractivity contribution in [3.8, 4) is 11.5 Å². The topological polar surface area (TPSA) is 55.8 Å². The summed E-state index contributed by atoms with van der Waals surface area (Å²) in [5.74, 6) is 1.17. The van der Waals surface area contributed by atoms with Gasteiger partial charge in [0.25, 0.3) is 0 Å². The molecule has 3 aliphatic rings. The van der Waals surface area contributed by atoms with E-state index in [0.717, 1.165) is 75.9 Å². The zero-order valence-electron chi connectivity index (χ0n) is 24.3. The number of rotatable bonds is 9. The molecule has 1 heterocycles. The first-order valence-electron chi connectivity index (χ1n) is 15.1. The fourth-order valence-corrected chi connectivity index (χ4v) is 7.64. The Balaban J connectivity index is 1.42. The average Bonchev–Trinajstić information content (AvgIpc) is 3.00. The van der Waals surface area contributed by atoms with Crippen LogP contribution in [0, 0.1) is 3.57 Å². The van der Waals surface area contributed by atoms with E-state index in [0.29, 0.717) is 42.6 Å². The SMILES string of the molecule is CCOc1cc(C2C3=C(CCCC3=O)N(CCc3ccccc3)C3=C2C(=O)CCC3)cc(I)c1OCc1cccc(Cl)c1. The third kappa shape index (κ3) is 6.27. The van der Waals surface area contributed by atoms with Crippen LogP contribution in [0.1, 0.15) is 68.1 Å². The van der Waals surface area contributed by atoms with E-state index in [1.165, 1.54) is 5.56 Å². The number of nitrogens with zero attached hydrogens (tertiary/aromatic N) is 1. The van der Waals surface area contributed by atoms with Gasteiger partial charge in [0, 0.05) is 52.9 Å². The van der Waals surface area contributed by atoms with Gasteiger partial charge in [-0.05, 0) is 103 Å². The second-order valence-corrected chi connectivity index (χ2v) is 12.9. The molecule has 0 spiro atoms. The summed E-state index contributed by atoms with van der Waals surface area (Å²) in [6.07, 6.45) is 5.22. The number of carbonyl (C=O) groups is 2. The van der Waals surface area contributed by atoms with Gasteiger partial charge in [-0.3, -0.25) is 9.59 Å². The van der Waals surface area contributed by atoms with Crippen LogP contribution in [0.4, 0.5) is 0 Å². The molecule has 0 atom stereocenters. The van der Waals surface area contributed by atoms with Gasteiger partial charge in [0.15, 0.2) is 23.1 Å². The monoisotopic (exact) mass is 707 g/mol. The van der Waals surface area contributed by atoms with E-state index in [9.17, 15) is 9.59 Å². The molecule has 222 valence electrons. The van der Waals surface area contributed by atoms with Crippen molar-refractivity contribution < 1.29 is 19.1 Å². The number of Topliss-reactive ketones (excluding diaryl/α,β-unsaturated/α-hetero) is 2. The molecular weight excluding hydrogens is 673 g/mol. The molecule has 7 heteroatoms. The van der Waals surface area contributed by atoms with Gasteiger partial charge >= 0.3 is 0 Å². The van der Waals surface area contributed by atoms with E-state index in [2.05, 4.69) is 57.8 Å². The zero-order valence-corrected chi connectivity index (χ0v) is 27.2. The summed E-state index contributed by atoms with van der Waals surface area (Å²) in [7, 11) is 0. The number of hydrogen-bond acceptors (Lipinski definition) is 5. The second-order valence-electron chi connectivity index (χ2n) is 11.3. The van der Waals surface area contributed by atoms with Gasteiger partial charge in [-0.2, -0.15) is 0 Å². The van der Waals surface area contributed by atoms with E-state index >= 15 is 0 Å². The quantitative estimate of drug-likeness (QED) is 0.209. The number of allylic oxidation sites excluding steroid dienone is 4. The molecule has 0 radical (unpaired) electrons. The average molecular weight is 708 g/mol. The third-order valence-corrected chi connectivity index (χ3v) is 9.53. The Morgan fingerprint density at radius 1 is 0.837 bits per heavy atom. The highest BCUT2D eigenvalue weighted by Crippen LogP contribution is 2.50. The smallest absolute Gasteiger partial charge is 0.174 e. The Morgan fingerprint density at radius 2 is 1.51 bits per heavy atom. The highest BCUT2D eigenvalue weighted by molar-refractivity contribution is 14.1. The van der Waals surface area contributed by atoms with E-state index < -0.39 is 5.92 Å². The highest BCUT2D eigenvalue weighted by Gasteiger charge is 2.43. The Hall–Kier alpha value is -3.10. The maximum atomic E-state index is 13.8. The van der Waals surface area contributed by atoms with Gasteiger partial charge in [0.1, 0.15) is 6.61 Å². The maximum Gasteiger partial charge on any atom is 0.174 e. The van der Waals surface area contributed by atoms with Crippen molar-refractivity contribution in [2.75, 3.05) is 13.2 Å². The van der Waals surface area contributed by atoms with E-state index in [-0.39, 0.29) is 11.6 Å². The number of carbonyl (C=O) groups excluding carboxylic acids is 2. The molecule has 0 saturated heterocycles. The van der Waals surface area contributed by atoms with E-state index in [1.807, 2.05) is 43.3 Å². The summed E-state index contributed by atoms with van der Waals surface area (Å²) in [5, 5.41) is 0.661. The number of benzene rings is 3. The van der Waals surface area contributed by atoms with Crippen molar-refractivity contribution in [1.29, 1.82) is 0 Å². The van der Waals surface area contributed by atoms with Crippen molar-refractivity contribution in [3.05, 3.63) is 115 Å². The molecule has 3 aromatic carbocycles. The van der Waals surface area contributed by atoms with Crippen LogP contribution in [0.25, 0.3) is 0 Å². The first kappa shape index (κ1) is 29.9. The molecule has 0 N–H and O–H groups in total. The fourth-order valence-electron chi connectivity index (χ4n) is 6.65. The van der Waals surface area contributed by atoms with Crippen LogP contribution in [0.5, 0.6) is 11.5 Å². The van der Waals surface area contributed by atoms with Gasteiger partial charge in [-0.25, -0.2) is 0 Å². The predicted octanol–water partition coefficient (Wildman–Crippen LogP) is 8.58. The molecule has 0 aromatic heterocycles. The molecule has 1 aliphatic heterocycles. The minimum Gasteiger partial charge on any atom is -0.490 e. The third-order valence-electron chi connectivity index (χ3n) is 8.49. The summed E-state index contributed by atoms with van der Waals surface area (Å²) >= 11 is 8.48. The fraction of sp³-hybridized carbons (Fsp3) is 0.333. The largest absolute Gasteiger partial charge is 0.490 e. The predicted molar refractivity (Wildman–Crippen MR) is 177 cm³/mol. The molecule has 3 aromatic rings. The molecule has 0 fully saturated rings. The number of ketones is 2. The molecule has 0 saturated carbocycles. The Kier molecular flexibility index (Phi) is 9.24. The van der Waals surface area contributed by atoms with Crippen LogP contribution < -0.4 is 9.47 Å². The van der Waals surface area contributed by atoms with Gasteiger partial charge in [0.2, 0.25) is 0 Å². The number of ether oxygens (including phenoxy) is 2. The Bertz CT molecular complexity index is 1570. The summed E-state index contributed by atoms with van der Waals surface area (Å²) in [5.41, 5.74) is 6.90. The standard InChI is InChI=1S/C36H35ClINO4/c1-2-42-32-21-25(20-27(38)36(32)43-22-24-11-6-12-26(37)19-24)33-34-28(13-7-15-30(34)40)39(18-17-23-9-4-3-5-10-23)29-14-8-16-31(41)35(29)33/h3-6,9-12,19-21,33H,2,7-8,13-18,22H2,1H3. The van der Waals surface area contributed by atoms with E-state index in [4.69, 9.17) is 21.1 Å². The Morgan fingerprint density at radius 3 is 2.16 bits per heavy atom. The molecule has 0 amide bonds. The van der Waals surface area contributed by atoms with Gasteiger partial charge < -0.3 is 14.4 Å². The van der Waals surface area contributed by atoms with Gasteiger partial charge in [-0.1, -0.05) is 54.1 Å². The second kappa shape index (κ2) is 13.3. The molecule has 2 aliphatic carbocycles. The van der Waals surface area contributed by atoms with Crippen LogP contribution in [-0.4, -0.2) is 29.6 Å². The molecule has 43 heavy (non-hydrogen) atoms. The van der Waals surface area contributed by atoms with Crippen molar-refractivity contribution in [2.45, 2.75) is 64.4 Å². The van der Waals surface area contributed by atoms with Crippen molar-refractivity contribution in [1.82, 2.24) is 4.90 Å². The lowest BCUT2D eigenvalue weighted by molar-refractivity contribution is -0.117. The van der Waals surface area contributed by atoms with Gasteiger partial charge in [-0.15, -0.1) is 0 Å². The zero-order chi connectivity index (χ0) is 29.9.